The summed E-state index contributed by atoms with van der Waals surface area (Å²) in [5.41, 5.74) is 0. The Morgan fingerprint density at radius 1 is 1.17 bits per heavy atom. The molecule has 102 valence electrons. The normalized spacial score (nSPS) is 32.4. The molecule has 2 aliphatic heterocycles. The first-order valence-electron chi connectivity index (χ1n) is 7.50. The third-order valence-corrected chi connectivity index (χ3v) is 4.31. The third-order valence-electron chi connectivity index (χ3n) is 4.31. The molecule has 2 saturated heterocycles. The summed E-state index contributed by atoms with van der Waals surface area (Å²) < 4.78 is 5.65. The molecule has 1 N–H and O–H groups in total. The lowest BCUT2D eigenvalue weighted by atomic mass is 10.1. The highest BCUT2D eigenvalue weighted by atomic mass is 16.5. The molecule has 3 rings (SSSR count). The summed E-state index contributed by atoms with van der Waals surface area (Å²) in [6.07, 6.45) is 7.84. The van der Waals surface area contributed by atoms with Gasteiger partial charge in [0.1, 0.15) is 6.10 Å². The Balaban J connectivity index is 1.59. The van der Waals surface area contributed by atoms with Gasteiger partial charge in [0.25, 0.3) is 5.91 Å². The van der Waals surface area contributed by atoms with Gasteiger partial charge in [0.2, 0.25) is 0 Å². The largest absolute Gasteiger partial charge is 0.368 e. The van der Waals surface area contributed by atoms with Crippen molar-refractivity contribution in [1.29, 1.82) is 0 Å². The summed E-state index contributed by atoms with van der Waals surface area (Å²) in [5.74, 6) is 0.255. The zero-order valence-electron chi connectivity index (χ0n) is 11.1. The van der Waals surface area contributed by atoms with Crippen molar-refractivity contribution in [3.05, 3.63) is 0 Å². The van der Waals surface area contributed by atoms with Crippen molar-refractivity contribution in [1.82, 2.24) is 10.2 Å². The smallest absolute Gasteiger partial charge is 0.252 e. The Labute approximate surface area is 109 Å². The van der Waals surface area contributed by atoms with Crippen LogP contribution in [0, 0.1) is 0 Å². The van der Waals surface area contributed by atoms with Crippen LogP contribution in [-0.4, -0.2) is 48.7 Å². The van der Waals surface area contributed by atoms with Gasteiger partial charge in [0.15, 0.2) is 0 Å². The van der Waals surface area contributed by atoms with E-state index in [0.717, 1.165) is 39.0 Å². The molecular weight excluding hydrogens is 228 g/mol. The third kappa shape index (κ3) is 2.86. The minimum Gasteiger partial charge on any atom is -0.368 e. The fraction of sp³-hybridized carbons (Fsp3) is 0.929. The van der Waals surface area contributed by atoms with Crippen LogP contribution in [0.25, 0.3) is 0 Å². The Bertz CT molecular complexity index is 292. The molecule has 2 atom stereocenters. The van der Waals surface area contributed by atoms with Crippen molar-refractivity contribution in [3.63, 3.8) is 0 Å². The number of ether oxygens (including phenoxy) is 1. The fourth-order valence-corrected chi connectivity index (χ4v) is 3.08. The van der Waals surface area contributed by atoms with Crippen LogP contribution in [-0.2, 0) is 9.53 Å². The van der Waals surface area contributed by atoms with E-state index in [2.05, 4.69) is 10.2 Å². The van der Waals surface area contributed by atoms with Gasteiger partial charge in [-0.15, -0.1) is 0 Å². The van der Waals surface area contributed by atoms with Gasteiger partial charge in [-0.3, -0.25) is 4.79 Å². The van der Waals surface area contributed by atoms with Gasteiger partial charge in [0.05, 0.1) is 0 Å². The summed E-state index contributed by atoms with van der Waals surface area (Å²) in [6, 6.07) is 1.02. The monoisotopic (exact) mass is 252 g/mol. The molecule has 0 radical (unpaired) electrons. The fourth-order valence-electron chi connectivity index (χ4n) is 3.08. The molecule has 4 nitrogen and oxygen atoms in total. The van der Waals surface area contributed by atoms with E-state index in [1.807, 2.05) is 0 Å². The highest BCUT2D eigenvalue weighted by Crippen LogP contribution is 2.29. The van der Waals surface area contributed by atoms with Crippen LogP contribution in [0.5, 0.6) is 0 Å². The predicted octanol–water partition coefficient (Wildman–Crippen LogP) is 1.30. The van der Waals surface area contributed by atoms with E-state index >= 15 is 0 Å². The molecule has 3 fully saturated rings. The molecule has 18 heavy (non-hydrogen) atoms. The minimum absolute atomic E-state index is 0.152. The molecule has 1 amide bonds. The average molecular weight is 252 g/mol. The van der Waals surface area contributed by atoms with Crippen LogP contribution < -0.4 is 5.32 Å². The van der Waals surface area contributed by atoms with Crippen LogP contribution in [0.4, 0.5) is 0 Å². The van der Waals surface area contributed by atoms with Gasteiger partial charge in [-0.05, 0) is 51.5 Å². The molecule has 0 aromatic rings. The Kier molecular flexibility index (Phi) is 3.85. The van der Waals surface area contributed by atoms with Crippen molar-refractivity contribution in [2.75, 3.05) is 19.7 Å². The number of rotatable bonds is 4. The standard InChI is InChI=1S/C14H24N2O2/c17-14(13-5-1-2-9-18-13)16(12-6-7-12)10-11-4-3-8-15-11/h11-13,15H,1-10H2/t11-,13+/m1/s1. The van der Waals surface area contributed by atoms with Crippen LogP contribution in [0.15, 0.2) is 0 Å². The van der Waals surface area contributed by atoms with Crippen LogP contribution in [0.1, 0.15) is 44.9 Å². The lowest BCUT2D eigenvalue weighted by molar-refractivity contribution is -0.147. The van der Waals surface area contributed by atoms with Crippen molar-refractivity contribution < 1.29 is 9.53 Å². The number of nitrogens with one attached hydrogen (secondary N) is 1. The molecule has 1 aliphatic carbocycles. The average Bonchev–Trinajstić information content (AvgIpc) is 3.13. The van der Waals surface area contributed by atoms with Crippen molar-refractivity contribution in [2.24, 2.45) is 0 Å². The molecule has 0 bridgehead atoms. The van der Waals surface area contributed by atoms with Crippen LogP contribution in [0.2, 0.25) is 0 Å². The minimum atomic E-state index is -0.152. The van der Waals surface area contributed by atoms with E-state index in [9.17, 15) is 4.79 Å². The molecule has 1 saturated carbocycles. The molecule has 0 unspecified atom stereocenters. The van der Waals surface area contributed by atoms with E-state index in [4.69, 9.17) is 4.74 Å². The number of carbonyl (C=O) groups is 1. The predicted molar refractivity (Wildman–Crippen MR) is 69.4 cm³/mol. The second-order valence-corrected chi connectivity index (χ2v) is 5.87. The molecular formula is C14H24N2O2. The number of hydrogen-bond donors (Lipinski definition) is 1. The summed E-state index contributed by atoms with van der Waals surface area (Å²) in [4.78, 5) is 14.7. The van der Waals surface area contributed by atoms with Gasteiger partial charge in [-0.2, -0.15) is 0 Å². The first kappa shape index (κ1) is 12.4. The SMILES string of the molecule is O=C([C@@H]1CCCCO1)N(C[C@H]1CCCN1)C1CC1. The van der Waals surface area contributed by atoms with Crippen molar-refractivity contribution in [2.45, 2.75) is 63.1 Å². The molecule has 4 heteroatoms. The van der Waals surface area contributed by atoms with Crippen molar-refractivity contribution >= 4 is 5.91 Å². The van der Waals surface area contributed by atoms with E-state index in [-0.39, 0.29) is 12.0 Å². The molecule has 3 aliphatic rings. The first-order chi connectivity index (χ1) is 8.84. The number of carbonyl (C=O) groups excluding carboxylic acids is 1. The van der Waals surface area contributed by atoms with Gasteiger partial charge >= 0.3 is 0 Å². The number of amides is 1. The highest BCUT2D eigenvalue weighted by Gasteiger charge is 2.38. The summed E-state index contributed by atoms with van der Waals surface area (Å²) in [6.45, 7) is 2.76. The Hall–Kier alpha value is -0.610. The Morgan fingerprint density at radius 3 is 2.67 bits per heavy atom. The maximum absolute atomic E-state index is 12.5. The zero-order valence-corrected chi connectivity index (χ0v) is 11.1. The number of hydrogen-bond acceptors (Lipinski definition) is 3. The summed E-state index contributed by atoms with van der Waals surface area (Å²) >= 11 is 0. The Morgan fingerprint density at radius 2 is 2.06 bits per heavy atom. The second kappa shape index (κ2) is 5.57. The van der Waals surface area contributed by atoms with Crippen molar-refractivity contribution in [3.8, 4) is 0 Å². The maximum Gasteiger partial charge on any atom is 0.252 e. The zero-order chi connectivity index (χ0) is 12.4. The summed E-state index contributed by atoms with van der Waals surface area (Å²) in [5, 5.41) is 3.49. The van der Waals surface area contributed by atoms with E-state index < -0.39 is 0 Å². The van der Waals surface area contributed by atoms with Gasteiger partial charge in [-0.25, -0.2) is 0 Å². The van der Waals surface area contributed by atoms with E-state index in [1.165, 1.54) is 25.7 Å². The number of nitrogens with zero attached hydrogens (tertiary/aromatic N) is 1. The molecule has 0 aromatic carbocycles. The quantitative estimate of drug-likeness (QED) is 0.820. The van der Waals surface area contributed by atoms with Crippen LogP contribution in [0.3, 0.4) is 0 Å². The highest BCUT2D eigenvalue weighted by molar-refractivity contribution is 5.81. The van der Waals surface area contributed by atoms with E-state index in [0.29, 0.717) is 12.1 Å². The molecule has 0 spiro atoms. The van der Waals surface area contributed by atoms with E-state index in [1.54, 1.807) is 0 Å². The second-order valence-electron chi connectivity index (χ2n) is 5.87. The van der Waals surface area contributed by atoms with Gasteiger partial charge in [-0.1, -0.05) is 0 Å². The lowest BCUT2D eigenvalue weighted by Crippen LogP contribution is -2.48. The van der Waals surface area contributed by atoms with Gasteiger partial charge < -0.3 is 15.0 Å². The maximum atomic E-state index is 12.5. The molecule has 0 aromatic heterocycles. The topological polar surface area (TPSA) is 41.6 Å². The first-order valence-corrected chi connectivity index (χ1v) is 7.50. The lowest BCUT2D eigenvalue weighted by Gasteiger charge is -2.31. The molecule has 2 heterocycles. The van der Waals surface area contributed by atoms with Gasteiger partial charge in [0, 0.05) is 25.2 Å². The van der Waals surface area contributed by atoms with Crippen LogP contribution >= 0.6 is 0 Å². The summed E-state index contributed by atoms with van der Waals surface area (Å²) in [7, 11) is 0.